The zero-order valence-electron chi connectivity index (χ0n) is 14.4. The summed E-state index contributed by atoms with van der Waals surface area (Å²) >= 11 is 0. The number of nitro benzene ring substituents is 1. The van der Waals surface area contributed by atoms with Crippen LogP contribution in [0.4, 0.5) is 11.4 Å². The number of para-hydroxylation sites is 1. The van der Waals surface area contributed by atoms with E-state index in [4.69, 9.17) is 4.74 Å². The molecule has 4 N–H and O–H groups in total. The second-order valence-electron chi connectivity index (χ2n) is 5.33. The Labute approximate surface area is 154 Å². The predicted octanol–water partition coefficient (Wildman–Crippen LogP) is 1.43. The maximum Gasteiger partial charge on any atom is 0.293 e. The van der Waals surface area contributed by atoms with Crippen LogP contribution < -0.4 is 16.2 Å². The van der Waals surface area contributed by atoms with Gasteiger partial charge in [0, 0.05) is 25.3 Å². The first-order valence-electron chi connectivity index (χ1n) is 7.84. The van der Waals surface area contributed by atoms with Crippen molar-refractivity contribution in [3.05, 3.63) is 63.7 Å². The summed E-state index contributed by atoms with van der Waals surface area (Å²) < 4.78 is 4.87. The first-order chi connectivity index (χ1) is 12.9. The molecule has 0 fully saturated rings. The largest absolute Gasteiger partial charge is 0.507 e. The molecule has 2 aromatic rings. The quantitative estimate of drug-likeness (QED) is 0.326. The number of nitrogens with one attached hydrogen (secondary N) is 3. The molecule has 0 bridgehead atoms. The van der Waals surface area contributed by atoms with E-state index >= 15 is 0 Å². The average Bonchev–Trinajstić information content (AvgIpc) is 2.66. The second kappa shape index (κ2) is 9.15. The number of hydrogen-bond acceptors (Lipinski definition) is 7. The summed E-state index contributed by atoms with van der Waals surface area (Å²) in [6.07, 6.45) is 0. The van der Waals surface area contributed by atoms with Crippen molar-refractivity contribution < 1.29 is 24.4 Å². The van der Waals surface area contributed by atoms with E-state index in [1.165, 1.54) is 31.4 Å². The molecule has 2 amide bonds. The maximum atomic E-state index is 12.2. The molecule has 0 aliphatic carbocycles. The van der Waals surface area contributed by atoms with E-state index in [1.807, 2.05) is 0 Å². The number of methoxy groups -OCH3 is 1. The summed E-state index contributed by atoms with van der Waals surface area (Å²) in [6.45, 7) is 0.720. The van der Waals surface area contributed by atoms with Crippen molar-refractivity contribution >= 4 is 23.2 Å². The molecule has 2 rings (SSSR count). The summed E-state index contributed by atoms with van der Waals surface area (Å²) in [7, 11) is 1.51. The van der Waals surface area contributed by atoms with Gasteiger partial charge in [0.2, 0.25) is 0 Å². The standard InChI is InChI=1S/C17H18N4O6/c1-27-9-8-18-13-7-6-11(10-14(13)21(25)26)16(23)19-20-17(24)12-4-2-3-5-15(12)22/h2-7,10,18,22H,8-9H2,1H3,(H,19,23)(H,20,24). The van der Waals surface area contributed by atoms with Crippen LogP contribution in [0.25, 0.3) is 0 Å². The van der Waals surface area contributed by atoms with E-state index in [1.54, 1.807) is 12.1 Å². The Morgan fingerprint density at radius 3 is 2.52 bits per heavy atom. The summed E-state index contributed by atoms with van der Waals surface area (Å²) in [6, 6.07) is 9.67. The van der Waals surface area contributed by atoms with Gasteiger partial charge in [-0.2, -0.15) is 0 Å². The lowest BCUT2D eigenvalue weighted by atomic mass is 10.1. The van der Waals surface area contributed by atoms with Crippen LogP contribution in [-0.2, 0) is 4.74 Å². The number of phenolic OH excluding ortho intramolecular Hbond substituents is 1. The number of carbonyl (C=O) groups excluding carboxylic acids is 2. The molecule has 0 saturated heterocycles. The van der Waals surface area contributed by atoms with E-state index in [0.29, 0.717) is 13.2 Å². The first-order valence-corrected chi connectivity index (χ1v) is 7.84. The zero-order valence-corrected chi connectivity index (χ0v) is 14.4. The molecular weight excluding hydrogens is 356 g/mol. The molecule has 0 unspecified atom stereocenters. The lowest BCUT2D eigenvalue weighted by molar-refractivity contribution is -0.384. The number of rotatable bonds is 7. The fourth-order valence-corrected chi connectivity index (χ4v) is 2.18. The van der Waals surface area contributed by atoms with Crippen molar-refractivity contribution in [2.75, 3.05) is 25.6 Å². The Bertz CT molecular complexity index is 855. The minimum absolute atomic E-state index is 0.0171. The molecule has 142 valence electrons. The van der Waals surface area contributed by atoms with Crippen LogP contribution in [0.3, 0.4) is 0 Å². The van der Waals surface area contributed by atoms with Gasteiger partial charge in [-0.15, -0.1) is 0 Å². The summed E-state index contributed by atoms with van der Waals surface area (Å²) in [4.78, 5) is 34.7. The first kappa shape index (κ1) is 19.7. The van der Waals surface area contributed by atoms with E-state index in [9.17, 15) is 24.8 Å². The number of amides is 2. The van der Waals surface area contributed by atoms with Crippen molar-refractivity contribution in [1.29, 1.82) is 0 Å². The molecular formula is C17H18N4O6. The van der Waals surface area contributed by atoms with Gasteiger partial charge in [0.15, 0.2) is 0 Å². The van der Waals surface area contributed by atoms with Crippen LogP contribution in [0.2, 0.25) is 0 Å². The van der Waals surface area contributed by atoms with Crippen molar-refractivity contribution in [3.8, 4) is 5.75 Å². The van der Waals surface area contributed by atoms with E-state index in [-0.39, 0.29) is 28.3 Å². The fourth-order valence-electron chi connectivity index (χ4n) is 2.18. The summed E-state index contributed by atoms with van der Waals surface area (Å²) in [5.41, 5.74) is 4.21. The molecule has 0 atom stereocenters. The number of nitro groups is 1. The highest BCUT2D eigenvalue weighted by atomic mass is 16.6. The third-order valence-electron chi connectivity index (χ3n) is 3.52. The van der Waals surface area contributed by atoms with Crippen molar-refractivity contribution in [2.45, 2.75) is 0 Å². The number of benzene rings is 2. The lowest BCUT2D eigenvalue weighted by Crippen LogP contribution is -2.41. The Hall–Kier alpha value is -3.66. The predicted molar refractivity (Wildman–Crippen MR) is 96.5 cm³/mol. The van der Waals surface area contributed by atoms with Gasteiger partial charge in [-0.25, -0.2) is 0 Å². The van der Waals surface area contributed by atoms with Crippen LogP contribution >= 0.6 is 0 Å². The number of aromatic hydroxyl groups is 1. The lowest BCUT2D eigenvalue weighted by Gasteiger charge is -2.10. The number of nitrogens with zero attached hydrogens (tertiary/aromatic N) is 1. The SMILES string of the molecule is COCCNc1ccc(C(=O)NNC(=O)c2ccccc2O)cc1[N+](=O)[O-]. The van der Waals surface area contributed by atoms with Crippen molar-refractivity contribution in [1.82, 2.24) is 10.9 Å². The normalized spacial score (nSPS) is 10.1. The summed E-state index contributed by atoms with van der Waals surface area (Å²) in [5.74, 6) is -1.72. The third-order valence-corrected chi connectivity index (χ3v) is 3.52. The highest BCUT2D eigenvalue weighted by Gasteiger charge is 2.18. The van der Waals surface area contributed by atoms with Crippen molar-refractivity contribution in [3.63, 3.8) is 0 Å². The number of anilines is 1. The van der Waals surface area contributed by atoms with Gasteiger partial charge in [-0.3, -0.25) is 30.6 Å². The molecule has 0 aromatic heterocycles. The maximum absolute atomic E-state index is 12.2. The molecule has 0 heterocycles. The third kappa shape index (κ3) is 5.16. The zero-order chi connectivity index (χ0) is 19.8. The highest BCUT2D eigenvalue weighted by Crippen LogP contribution is 2.25. The molecule has 0 aliphatic rings. The number of hydrogen-bond donors (Lipinski definition) is 4. The van der Waals surface area contributed by atoms with E-state index in [0.717, 1.165) is 6.07 Å². The minimum atomic E-state index is -0.745. The van der Waals surface area contributed by atoms with Crippen LogP contribution in [0.5, 0.6) is 5.75 Å². The van der Waals surface area contributed by atoms with E-state index < -0.39 is 16.7 Å². The highest BCUT2D eigenvalue weighted by molar-refractivity contribution is 6.00. The average molecular weight is 374 g/mol. The van der Waals surface area contributed by atoms with Gasteiger partial charge in [-0.1, -0.05) is 12.1 Å². The molecule has 10 heteroatoms. The van der Waals surface area contributed by atoms with Gasteiger partial charge in [-0.05, 0) is 24.3 Å². The van der Waals surface area contributed by atoms with Crippen molar-refractivity contribution in [2.24, 2.45) is 0 Å². The van der Waals surface area contributed by atoms with Crippen LogP contribution in [0.15, 0.2) is 42.5 Å². The number of phenols is 1. The Kier molecular flexibility index (Phi) is 6.67. The Morgan fingerprint density at radius 2 is 1.85 bits per heavy atom. The molecule has 2 aromatic carbocycles. The van der Waals surface area contributed by atoms with Gasteiger partial charge in [0.1, 0.15) is 11.4 Å². The molecule has 27 heavy (non-hydrogen) atoms. The van der Waals surface area contributed by atoms with E-state index in [2.05, 4.69) is 16.2 Å². The Balaban J connectivity index is 2.07. The number of hydrazine groups is 1. The summed E-state index contributed by atoms with van der Waals surface area (Å²) in [5, 5.41) is 23.7. The monoisotopic (exact) mass is 374 g/mol. The molecule has 0 spiro atoms. The number of carbonyl (C=O) groups is 2. The Morgan fingerprint density at radius 1 is 1.15 bits per heavy atom. The van der Waals surface area contributed by atoms with Gasteiger partial charge in [0.25, 0.3) is 17.5 Å². The van der Waals surface area contributed by atoms with Crippen LogP contribution in [0.1, 0.15) is 20.7 Å². The minimum Gasteiger partial charge on any atom is -0.507 e. The van der Waals surface area contributed by atoms with Gasteiger partial charge < -0.3 is 15.2 Å². The van der Waals surface area contributed by atoms with Gasteiger partial charge in [0.05, 0.1) is 17.1 Å². The molecule has 0 radical (unpaired) electrons. The van der Waals surface area contributed by atoms with Crippen LogP contribution in [-0.4, -0.2) is 42.1 Å². The van der Waals surface area contributed by atoms with Crippen LogP contribution in [0, 0.1) is 10.1 Å². The molecule has 0 saturated carbocycles. The smallest absolute Gasteiger partial charge is 0.293 e. The topological polar surface area (TPSA) is 143 Å². The fraction of sp³-hybridized carbons (Fsp3) is 0.176. The molecule has 10 nitrogen and oxygen atoms in total. The molecule has 0 aliphatic heterocycles. The number of ether oxygens (including phenoxy) is 1. The second-order valence-corrected chi connectivity index (χ2v) is 5.33. The van der Waals surface area contributed by atoms with Gasteiger partial charge >= 0.3 is 0 Å².